The first-order valence-corrected chi connectivity index (χ1v) is 13.3. The van der Waals surface area contributed by atoms with Gasteiger partial charge in [-0.15, -0.1) is 11.8 Å². The largest absolute Gasteiger partial charge is 0.326 e. The van der Waals surface area contributed by atoms with E-state index < -0.39 is 31.0 Å². The summed E-state index contributed by atoms with van der Waals surface area (Å²) < 4.78 is 48.5. The molecule has 0 radical (unpaired) electrons. The summed E-state index contributed by atoms with van der Waals surface area (Å²) in [6.07, 6.45) is 0.0354. The highest BCUT2D eigenvalue weighted by Gasteiger charge is 2.27. The van der Waals surface area contributed by atoms with Crippen LogP contribution in [0.15, 0.2) is 57.2 Å². The summed E-state index contributed by atoms with van der Waals surface area (Å²) in [7, 11) is -7.68. The number of rotatable bonds is 6. The highest BCUT2D eigenvalue weighted by atomic mass is 32.2. The Balaban J connectivity index is 1.71. The van der Waals surface area contributed by atoms with Gasteiger partial charge in [0.25, 0.3) is 0 Å². The molecule has 0 unspecified atom stereocenters. The molecule has 166 valence electrons. The first-order valence-electron chi connectivity index (χ1n) is 9.20. The maximum Gasteiger partial charge on any atom is 0.238 e. The molecular formula is C19H21N3O6S3. The van der Waals surface area contributed by atoms with Crippen molar-refractivity contribution in [2.24, 2.45) is 5.14 Å². The van der Waals surface area contributed by atoms with Gasteiger partial charge in [-0.3, -0.25) is 9.59 Å². The minimum Gasteiger partial charge on any atom is -0.326 e. The van der Waals surface area contributed by atoms with Crippen molar-refractivity contribution in [2.45, 2.75) is 39.7 Å². The molecule has 1 aliphatic rings. The van der Waals surface area contributed by atoms with Gasteiger partial charge in [-0.25, -0.2) is 22.0 Å². The topological polar surface area (TPSA) is 152 Å². The predicted octanol–water partition coefficient (Wildman–Crippen LogP) is 1.96. The van der Waals surface area contributed by atoms with Gasteiger partial charge < -0.3 is 10.6 Å². The van der Waals surface area contributed by atoms with Gasteiger partial charge in [0.15, 0.2) is 9.84 Å². The Bertz CT molecular complexity index is 1230. The quantitative estimate of drug-likeness (QED) is 0.568. The van der Waals surface area contributed by atoms with E-state index in [0.717, 1.165) is 4.90 Å². The number of primary sulfonamides is 1. The molecule has 12 heteroatoms. The van der Waals surface area contributed by atoms with E-state index in [1.165, 1.54) is 55.1 Å². The first kappa shape index (κ1) is 23.3. The predicted molar refractivity (Wildman–Crippen MR) is 118 cm³/mol. The van der Waals surface area contributed by atoms with E-state index in [1.807, 2.05) is 0 Å². The number of sulfone groups is 1. The number of sulfonamides is 1. The summed E-state index contributed by atoms with van der Waals surface area (Å²) in [5.41, 5.74) is 0.756. The minimum absolute atomic E-state index is 0.0202. The Morgan fingerprint density at radius 3 is 2.42 bits per heavy atom. The van der Waals surface area contributed by atoms with Crippen LogP contribution >= 0.6 is 11.8 Å². The van der Waals surface area contributed by atoms with Crippen LogP contribution in [0.1, 0.15) is 19.8 Å². The fourth-order valence-corrected chi connectivity index (χ4v) is 5.75. The molecule has 2 aromatic rings. The number of nitrogens with one attached hydrogen (secondary N) is 2. The van der Waals surface area contributed by atoms with Gasteiger partial charge in [0.1, 0.15) is 0 Å². The number of benzene rings is 2. The smallest absolute Gasteiger partial charge is 0.238 e. The molecule has 1 aliphatic heterocycles. The van der Waals surface area contributed by atoms with Crippen molar-refractivity contribution < 1.29 is 26.4 Å². The number of anilines is 2. The molecule has 9 nitrogen and oxygen atoms in total. The van der Waals surface area contributed by atoms with Crippen LogP contribution in [-0.4, -0.2) is 39.7 Å². The van der Waals surface area contributed by atoms with Crippen molar-refractivity contribution in [3.63, 3.8) is 0 Å². The molecule has 0 bridgehead atoms. The van der Waals surface area contributed by atoms with E-state index in [2.05, 4.69) is 10.6 Å². The molecule has 0 saturated heterocycles. The molecule has 0 spiro atoms. The molecule has 3 rings (SSSR count). The van der Waals surface area contributed by atoms with Crippen LogP contribution in [0, 0.1) is 0 Å². The lowest BCUT2D eigenvalue weighted by Gasteiger charge is -2.15. The third kappa shape index (κ3) is 5.64. The number of carbonyl (C=O) groups is 2. The lowest BCUT2D eigenvalue weighted by molar-refractivity contribution is -0.116. The summed E-state index contributed by atoms with van der Waals surface area (Å²) in [6, 6.07) is 9.76. The van der Waals surface area contributed by atoms with Gasteiger partial charge in [-0.2, -0.15) is 0 Å². The van der Waals surface area contributed by atoms with E-state index in [0.29, 0.717) is 23.5 Å². The Kier molecular flexibility index (Phi) is 6.74. The molecule has 2 aromatic carbocycles. The molecule has 4 N–H and O–H groups in total. The van der Waals surface area contributed by atoms with Crippen molar-refractivity contribution in [1.29, 1.82) is 0 Å². The summed E-state index contributed by atoms with van der Waals surface area (Å²) >= 11 is 1.47. The van der Waals surface area contributed by atoms with E-state index in [1.54, 1.807) is 6.07 Å². The molecule has 31 heavy (non-hydrogen) atoms. The van der Waals surface area contributed by atoms with Crippen molar-refractivity contribution in [3.8, 4) is 0 Å². The number of thioether (sulfide) groups is 1. The van der Waals surface area contributed by atoms with Crippen molar-refractivity contribution >= 4 is 54.8 Å². The molecule has 0 fully saturated rings. The Morgan fingerprint density at radius 2 is 1.77 bits per heavy atom. The second kappa shape index (κ2) is 8.99. The highest BCUT2D eigenvalue weighted by Crippen LogP contribution is 2.33. The van der Waals surface area contributed by atoms with Gasteiger partial charge in [0, 0.05) is 29.2 Å². The Hall–Kier alpha value is -2.41. The number of fused-ring (bicyclic) bond motifs is 1. The van der Waals surface area contributed by atoms with Crippen LogP contribution in [0.5, 0.6) is 0 Å². The average molecular weight is 484 g/mol. The molecule has 0 aromatic heterocycles. The van der Waals surface area contributed by atoms with Crippen LogP contribution in [0.2, 0.25) is 0 Å². The zero-order valence-corrected chi connectivity index (χ0v) is 18.9. The number of carbonyl (C=O) groups excluding carboxylic acids is 2. The minimum atomic E-state index is -3.85. The zero-order valence-electron chi connectivity index (χ0n) is 16.5. The van der Waals surface area contributed by atoms with E-state index in [4.69, 9.17) is 5.14 Å². The second-order valence-corrected chi connectivity index (χ2v) is 12.0. The lowest BCUT2D eigenvalue weighted by Crippen LogP contribution is -2.25. The maximum atomic E-state index is 12.9. The number of nitrogens with two attached hydrogens (primary N) is 1. The molecular weight excluding hydrogens is 462 g/mol. The monoisotopic (exact) mass is 483 g/mol. The fraction of sp³-hybridized carbons (Fsp3) is 0.263. The summed E-state index contributed by atoms with van der Waals surface area (Å²) in [5, 5.41) is 9.25. The van der Waals surface area contributed by atoms with Gasteiger partial charge in [0.2, 0.25) is 21.8 Å². The average Bonchev–Trinajstić information content (AvgIpc) is 2.87. The Morgan fingerprint density at radius 1 is 1.13 bits per heavy atom. The van der Waals surface area contributed by atoms with Gasteiger partial charge in [0.05, 0.1) is 20.7 Å². The summed E-state index contributed by atoms with van der Waals surface area (Å²) in [4.78, 5) is 24.8. The molecule has 1 atom stereocenters. The first-order chi connectivity index (χ1) is 14.5. The normalized spacial score (nSPS) is 15.4. The SMILES string of the molecule is C[C@@H](CC(=O)Nc1ccc(S(N)(=O)=O)cc1)S(=O)(=O)c1ccc2c(c1)NC(=O)CCS2. The van der Waals surface area contributed by atoms with Crippen LogP contribution < -0.4 is 15.8 Å². The zero-order chi connectivity index (χ0) is 22.8. The molecule has 2 amide bonds. The van der Waals surface area contributed by atoms with Gasteiger partial charge in [-0.05, 0) is 49.4 Å². The van der Waals surface area contributed by atoms with Crippen molar-refractivity contribution in [3.05, 3.63) is 42.5 Å². The van der Waals surface area contributed by atoms with Gasteiger partial charge in [-0.1, -0.05) is 0 Å². The third-order valence-corrected chi connectivity index (χ3v) is 8.75. The van der Waals surface area contributed by atoms with Gasteiger partial charge >= 0.3 is 0 Å². The maximum absolute atomic E-state index is 12.9. The van der Waals surface area contributed by atoms with E-state index >= 15 is 0 Å². The van der Waals surface area contributed by atoms with Crippen LogP contribution in [0.3, 0.4) is 0 Å². The van der Waals surface area contributed by atoms with Crippen LogP contribution in [0.4, 0.5) is 11.4 Å². The highest BCUT2D eigenvalue weighted by molar-refractivity contribution is 7.99. The lowest BCUT2D eigenvalue weighted by atomic mass is 10.3. The standard InChI is InChI=1S/C19H21N3O6S3/c1-12(10-19(24)21-13-2-4-14(5-3-13)31(20,27)28)30(25,26)15-6-7-17-16(11-15)22-18(23)8-9-29-17/h2-7,11-12H,8-10H2,1H3,(H,21,24)(H,22,23)(H2,20,27,28)/t12-/m0/s1. The van der Waals surface area contributed by atoms with Crippen molar-refractivity contribution in [1.82, 2.24) is 0 Å². The summed E-state index contributed by atoms with van der Waals surface area (Å²) in [6.45, 7) is 1.43. The van der Waals surface area contributed by atoms with E-state index in [-0.39, 0.29) is 22.1 Å². The van der Waals surface area contributed by atoms with Crippen molar-refractivity contribution in [2.75, 3.05) is 16.4 Å². The summed E-state index contributed by atoms with van der Waals surface area (Å²) in [5.74, 6) is -0.112. The third-order valence-electron chi connectivity index (χ3n) is 4.61. The molecule has 0 saturated carbocycles. The van der Waals surface area contributed by atoms with Crippen LogP contribution in [-0.2, 0) is 29.4 Å². The van der Waals surface area contributed by atoms with Crippen LogP contribution in [0.25, 0.3) is 0 Å². The Labute approximate surface area is 184 Å². The fourth-order valence-electron chi connectivity index (χ4n) is 2.92. The second-order valence-electron chi connectivity index (χ2n) is 6.98. The molecule has 1 heterocycles. The number of hydrogen-bond donors (Lipinski definition) is 3. The number of hydrogen-bond acceptors (Lipinski definition) is 7. The number of amides is 2. The van der Waals surface area contributed by atoms with E-state index in [9.17, 15) is 26.4 Å². The molecule has 0 aliphatic carbocycles.